The van der Waals surface area contributed by atoms with Gasteiger partial charge in [-0.15, -0.1) is 17.9 Å². The zero-order valence-electron chi connectivity index (χ0n) is 12.8. The van der Waals surface area contributed by atoms with Crippen LogP contribution < -0.4 is 5.56 Å². The third-order valence-corrected chi connectivity index (χ3v) is 4.94. The molecule has 24 heavy (non-hydrogen) atoms. The lowest BCUT2D eigenvalue weighted by molar-refractivity contribution is 0.281. The Balaban J connectivity index is 1.87. The molecule has 0 saturated heterocycles. The van der Waals surface area contributed by atoms with Crippen molar-refractivity contribution in [3.8, 4) is 0 Å². The van der Waals surface area contributed by atoms with Crippen molar-refractivity contribution in [2.45, 2.75) is 13.1 Å². The van der Waals surface area contributed by atoms with Gasteiger partial charge in [-0.25, -0.2) is 4.98 Å². The van der Waals surface area contributed by atoms with Gasteiger partial charge in [-0.2, -0.15) is 0 Å². The van der Waals surface area contributed by atoms with Crippen molar-refractivity contribution in [3.63, 3.8) is 0 Å². The number of rotatable bonds is 6. The van der Waals surface area contributed by atoms with E-state index in [0.717, 1.165) is 9.21 Å². The molecule has 0 aliphatic carbocycles. The van der Waals surface area contributed by atoms with Crippen LogP contribution in [0.1, 0.15) is 10.7 Å². The first kappa shape index (κ1) is 17.2. The maximum absolute atomic E-state index is 12.2. The zero-order valence-corrected chi connectivity index (χ0v) is 15.1. The molecule has 3 aromatic rings. The molecule has 2 heterocycles. The average molecular weight is 380 g/mol. The number of nitrogens with zero attached hydrogens (tertiary/aromatic N) is 2. The summed E-state index contributed by atoms with van der Waals surface area (Å²) in [5.41, 5.74) is 0.434. The van der Waals surface area contributed by atoms with E-state index in [-0.39, 0.29) is 5.56 Å². The Hall–Kier alpha value is -1.66. The molecule has 3 rings (SSSR count). The van der Waals surface area contributed by atoms with E-state index in [9.17, 15) is 4.79 Å². The maximum Gasteiger partial charge on any atom is 0.258 e. The summed E-state index contributed by atoms with van der Waals surface area (Å²) in [5.74, 6) is 0.597. The Morgan fingerprint density at radius 3 is 2.79 bits per heavy atom. The van der Waals surface area contributed by atoms with E-state index in [2.05, 4.69) is 21.4 Å². The largest absolute Gasteiger partial charge is 0.309 e. The van der Waals surface area contributed by atoms with Crippen molar-refractivity contribution in [1.29, 1.82) is 0 Å². The Morgan fingerprint density at radius 1 is 1.25 bits per heavy atom. The monoisotopic (exact) mass is 379 g/mol. The van der Waals surface area contributed by atoms with Crippen LogP contribution in [0.5, 0.6) is 0 Å². The summed E-state index contributed by atoms with van der Waals surface area (Å²) in [7, 11) is 0. The van der Waals surface area contributed by atoms with Gasteiger partial charge in [-0.05, 0) is 30.3 Å². The van der Waals surface area contributed by atoms with Gasteiger partial charge in [0.15, 0.2) is 0 Å². The number of H-pyrrole nitrogens is 1. The van der Waals surface area contributed by atoms with Gasteiger partial charge < -0.3 is 4.98 Å². The number of halogens is 2. The summed E-state index contributed by atoms with van der Waals surface area (Å²) in [5, 5.41) is 1.09. The summed E-state index contributed by atoms with van der Waals surface area (Å²) in [6.07, 6.45) is 1.82. The Kier molecular flexibility index (Phi) is 5.36. The third kappa shape index (κ3) is 4.05. The second-order valence-electron chi connectivity index (χ2n) is 5.34. The first-order chi connectivity index (χ1) is 11.5. The van der Waals surface area contributed by atoms with Crippen LogP contribution in [0.3, 0.4) is 0 Å². The van der Waals surface area contributed by atoms with Crippen molar-refractivity contribution < 1.29 is 0 Å². The summed E-state index contributed by atoms with van der Waals surface area (Å²) in [6.45, 7) is 5.68. The number of hydrogen-bond acceptors (Lipinski definition) is 4. The lowest BCUT2D eigenvalue weighted by Crippen LogP contribution is -2.25. The lowest BCUT2D eigenvalue weighted by Gasteiger charge is -2.19. The molecule has 0 amide bonds. The molecule has 0 unspecified atom stereocenters. The molecule has 4 nitrogen and oxygen atoms in total. The normalized spacial score (nSPS) is 11.3. The molecule has 0 aliphatic rings. The van der Waals surface area contributed by atoms with Crippen molar-refractivity contribution in [2.75, 3.05) is 6.54 Å². The van der Waals surface area contributed by atoms with Crippen molar-refractivity contribution >= 4 is 45.4 Å². The van der Waals surface area contributed by atoms with Gasteiger partial charge in [0.2, 0.25) is 0 Å². The van der Waals surface area contributed by atoms with Crippen molar-refractivity contribution in [3.05, 3.63) is 73.4 Å². The lowest BCUT2D eigenvalue weighted by atomic mass is 10.2. The number of nitrogens with one attached hydrogen (secondary N) is 1. The third-order valence-electron chi connectivity index (χ3n) is 3.49. The zero-order chi connectivity index (χ0) is 17.1. The number of aromatic nitrogens is 2. The molecule has 0 atom stereocenters. The van der Waals surface area contributed by atoms with E-state index in [1.165, 1.54) is 11.3 Å². The molecule has 0 saturated carbocycles. The van der Waals surface area contributed by atoms with Crippen LogP contribution in [0.4, 0.5) is 0 Å². The van der Waals surface area contributed by atoms with Crippen LogP contribution in [0.15, 0.2) is 47.8 Å². The second-order valence-corrected chi connectivity index (χ2v) is 7.57. The molecule has 2 aromatic heterocycles. The highest BCUT2D eigenvalue weighted by Crippen LogP contribution is 2.23. The van der Waals surface area contributed by atoms with Gasteiger partial charge in [-0.3, -0.25) is 9.69 Å². The second kappa shape index (κ2) is 7.49. The first-order valence-electron chi connectivity index (χ1n) is 7.31. The van der Waals surface area contributed by atoms with Gasteiger partial charge in [0.25, 0.3) is 5.56 Å². The number of aromatic amines is 1. The Labute approximate surface area is 153 Å². The highest BCUT2D eigenvalue weighted by molar-refractivity contribution is 7.16. The molecular formula is C17H15Cl2N3OS. The van der Waals surface area contributed by atoms with Gasteiger partial charge in [0.1, 0.15) is 5.82 Å². The van der Waals surface area contributed by atoms with Crippen molar-refractivity contribution in [1.82, 2.24) is 14.9 Å². The van der Waals surface area contributed by atoms with Crippen LogP contribution in [-0.4, -0.2) is 21.4 Å². The highest BCUT2D eigenvalue weighted by atomic mass is 35.5. The van der Waals surface area contributed by atoms with E-state index in [4.69, 9.17) is 23.2 Å². The van der Waals surface area contributed by atoms with Crippen LogP contribution >= 0.6 is 34.5 Å². The fourth-order valence-corrected chi connectivity index (χ4v) is 3.77. The van der Waals surface area contributed by atoms with Gasteiger partial charge in [0.05, 0.1) is 21.8 Å². The fourth-order valence-electron chi connectivity index (χ4n) is 2.47. The smallest absolute Gasteiger partial charge is 0.258 e. The number of hydrogen-bond donors (Lipinski definition) is 1. The van der Waals surface area contributed by atoms with Crippen molar-refractivity contribution in [2.24, 2.45) is 0 Å². The average Bonchev–Trinajstić information content (AvgIpc) is 2.92. The molecule has 0 aliphatic heterocycles. The Bertz CT molecular complexity index is 935. The first-order valence-corrected chi connectivity index (χ1v) is 8.88. The highest BCUT2D eigenvalue weighted by Gasteiger charge is 2.11. The summed E-state index contributed by atoms with van der Waals surface area (Å²) in [6, 6.07) is 8.95. The molecule has 1 aromatic carbocycles. The molecule has 0 radical (unpaired) electrons. The molecule has 0 bridgehead atoms. The minimum atomic E-state index is -0.163. The molecular weight excluding hydrogens is 365 g/mol. The molecule has 0 spiro atoms. The number of fused-ring (bicyclic) bond motifs is 1. The van der Waals surface area contributed by atoms with E-state index in [0.29, 0.717) is 41.4 Å². The van der Waals surface area contributed by atoms with Gasteiger partial charge in [0, 0.05) is 23.0 Å². The van der Waals surface area contributed by atoms with Crippen LogP contribution in [0.2, 0.25) is 9.36 Å². The molecule has 124 valence electrons. The van der Waals surface area contributed by atoms with Gasteiger partial charge in [-0.1, -0.05) is 29.3 Å². The topological polar surface area (TPSA) is 49.0 Å². The van der Waals surface area contributed by atoms with E-state index in [1.807, 2.05) is 18.2 Å². The SMILES string of the molecule is C=CCN(Cc1nc2cc(Cl)ccc2c(=O)[nH]1)Cc1ccc(Cl)s1. The van der Waals surface area contributed by atoms with E-state index >= 15 is 0 Å². The molecule has 0 fully saturated rings. The predicted molar refractivity (Wildman–Crippen MR) is 101 cm³/mol. The van der Waals surface area contributed by atoms with Crippen LogP contribution in [0, 0.1) is 0 Å². The quantitative estimate of drug-likeness (QED) is 0.642. The van der Waals surface area contributed by atoms with Gasteiger partial charge >= 0.3 is 0 Å². The summed E-state index contributed by atoms with van der Waals surface area (Å²) in [4.78, 5) is 22.9. The number of benzene rings is 1. The summed E-state index contributed by atoms with van der Waals surface area (Å²) >= 11 is 13.5. The fraction of sp³-hybridized carbons (Fsp3) is 0.176. The maximum atomic E-state index is 12.2. The number of thiophene rings is 1. The predicted octanol–water partition coefficient (Wildman–Crippen LogP) is 4.48. The van der Waals surface area contributed by atoms with E-state index in [1.54, 1.807) is 18.2 Å². The minimum absolute atomic E-state index is 0.163. The Morgan fingerprint density at radius 2 is 2.08 bits per heavy atom. The molecule has 1 N–H and O–H groups in total. The molecule has 7 heteroatoms. The standard InChI is InChI=1S/C17H15Cl2N3OS/c1-2-7-22(9-12-4-6-15(19)24-12)10-16-20-14-8-11(18)3-5-13(14)17(23)21-16/h2-6,8H,1,7,9-10H2,(H,20,21,23). The summed E-state index contributed by atoms with van der Waals surface area (Å²) < 4.78 is 0.760. The van der Waals surface area contributed by atoms with Crippen LogP contribution in [0.25, 0.3) is 10.9 Å². The van der Waals surface area contributed by atoms with Crippen LogP contribution in [-0.2, 0) is 13.1 Å². The minimum Gasteiger partial charge on any atom is -0.309 e. The van der Waals surface area contributed by atoms with E-state index < -0.39 is 0 Å².